The summed E-state index contributed by atoms with van der Waals surface area (Å²) in [7, 11) is 0. The largest absolute Gasteiger partial charge is 0.462 e. The summed E-state index contributed by atoms with van der Waals surface area (Å²) in [6, 6.07) is 10.4. The number of hydrogen-bond acceptors (Lipinski definition) is 4. The Morgan fingerprint density at radius 3 is 2.52 bits per heavy atom. The Morgan fingerprint density at radius 1 is 1.20 bits per heavy atom. The maximum Gasteiger partial charge on any atom is 0.343 e. The minimum atomic E-state index is -0.391. The summed E-state index contributed by atoms with van der Waals surface area (Å²) in [4.78, 5) is 16.9. The van der Waals surface area contributed by atoms with Crippen LogP contribution < -0.4 is 0 Å². The minimum absolute atomic E-state index is 0.245. The molecule has 0 aliphatic rings. The summed E-state index contributed by atoms with van der Waals surface area (Å²) in [5, 5.41) is 4.36. The van der Waals surface area contributed by atoms with Crippen LogP contribution in [0.25, 0.3) is 16.9 Å². The third-order valence-corrected chi connectivity index (χ3v) is 4.24. The molecule has 0 aliphatic heterocycles. The van der Waals surface area contributed by atoms with Gasteiger partial charge in [-0.3, -0.25) is 0 Å². The highest BCUT2D eigenvalue weighted by Crippen LogP contribution is 2.25. The number of ether oxygens (including phenoxy) is 1. The molecule has 0 N–H and O–H groups in total. The molecule has 3 aromatic rings. The van der Waals surface area contributed by atoms with Crippen molar-refractivity contribution in [1.29, 1.82) is 0 Å². The smallest absolute Gasteiger partial charge is 0.343 e. The molecule has 25 heavy (non-hydrogen) atoms. The molecule has 2 heterocycles. The molecule has 0 bridgehead atoms. The molecule has 130 valence electrons. The summed E-state index contributed by atoms with van der Waals surface area (Å²) in [5.74, 6) is -0.146. The molecule has 0 aliphatic carbocycles. The summed E-state index contributed by atoms with van der Waals surface area (Å²) in [5.41, 5.74) is 5.10. The van der Waals surface area contributed by atoms with Gasteiger partial charge in [-0.25, -0.2) is 14.3 Å². The lowest BCUT2D eigenvalue weighted by Gasteiger charge is -2.12. The molecule has 0 spiro atoms. The number of benzene rings is 1. The third-order valence-electron chi connectivity index (χ3n) is 4.24. The zero-order valence-electron chi connectivity index (χ0n) is 15.1. The molecule has 0 amide bonds. The highest BCUT2D eigenvalue weighted by Gasteiger charge is 2.19. The van der Waals surface area contributed by atoms with Gasteiger partial charge in [0.05, 0.1) is 18.5 Å². The molecule has 3 rings (SSSR count). The van der Waals surface area contributed by atoms with Crippen LogP contribution in [0.15, 0.2) is 36.5 Å². The lowest BCUT2D eigenvalue weighted by atomic mass is 10.0. The van der Waals surface area contributed by atoms with E-state index in [0.29, 0.717) is 17.8 Å². The number of rotatable bonds is 5. The van der Waals surface area contributed by atoms with Gasteiger partial charge in [-0.15, -0.1) is 0 Å². The van der Waals surface area contributed by atoms with Gasteiger partial charge in [0.15, 0.2) is 5.65 Å². The van der Waals surface area contributed by atoms with Gasteiger partial charge in [-0.1, -0.05) is 45.0 Å². The monoisotopic (exact) mass is 337 g/mol. The lowest BCUT2D eigenvalue weighted by molar-refractivity contribution is 0.0528. The second-order valence-electron chi connectivity index (χ2n) is 6.29. The van der Waals surface area contributed by atoms with E-state index in [0.717, 1.165) is 23.4 Å². The Balaban J connectivity index is 2.18. The summed E-state index contributed by atoms with van der Waals surface area (Å²) in [6.45, 7) is 8.45. The van der Waals surface area contributed by atoms with Gasteiger partial charge in [-0.2, -0.15) is 5.10 Å². The van der Waals surface area contributed by atoms with Crippen molar-refractivity contribution in [2.75, 3.05) is 6.61 Å². The fraction of sp³-hybridized carbons (Fsp3) is 0.350. The van der Waals surface area contributed by atoms with E-state index in [2.05, 4.69) is 50.1 Å². The number of carbonyl (C=O) groups excluding carboxylic acids is 1. The third kappa shape index (κ3) is 3.27. The summed E-state index contributed by atoms with van der Waals surface area (Å²) >= 11 is 0. The molecule has 1 aromatic carbocycles. The van der Waals surface area contributed by atoms with Crippen LogP contribution in [0.2, 0.25) is 0 Å². The van der Waals surface area contributed by atoms with Crippen molar-refractivity contribution in [3.8, 4) is 11.3 Å². The first-order valence-electron chi connectivity index (χ1n) is 8.70. The molecule has 0 unspecified atom stereocenters. The molecule has 0 saturated carbocycles. The second kappa shape index (κ2) is 7.05. The average molecular weight is 337 g/mol. The van der Waals surface area contributed by atoms with E-state index in [9.17, 15) is 4.79 Å². The van der Waals surface area contributed by atoms with Gasteiger partial charge in [0.2, 0.25) is 0 Å². The summed E-state index contributed by atoms with van der Waals surface area (Å²) in [6.07, 6.45) is 2.54. The fourth-order valence-corrected chi connectivity index (χ4v) is 2.81. The van der Waals surface area contributed by atoms with Crippen molar-refractivity contribution < 1.29 is 9.53 Å². The quantitative estimate of drug-likeness (QED) is 0.653. The zero-order valence-corrected chi connectivity index (χ0v) is 15.1. The van der Waals surface area contributed by atoms with Crippen LogP contribution in [-0.4, -0.2) is 27.2 Å². The zero-order chi connectivity index (χ0) is 18.0. The number of nitrogens with zero attached hydrogens (tertiary/aromatic N) is 3. The highest BCUT2D eigenvalue weighted by atomic mass is 16.5. The van der Waals surface area contributed by atoms with Crippen molar-refractivity contribution in [3.63, 3.8) is 0 Å². The fourth-order valence-electron chi connectivity index (χ4n) is 2.81. The first-order chi connectivity index (χ1) is 12.0. The second-order valence-corrected chi connectivity index (χ2v) is 6.29. The van der Waals surface area contributed by atoms with Crippen molar-refractivity contribution in [2.45, 2.75) is 40.0 Å². The standard InChI is InChI=1S/C20H23N3O2/c1-5-14-7-9-15(10-8-14)17-11-18(13(3)4)23-19(22-17)16(12-21-23)20(24)25-6-2/h7-13H,5-6H2,1-4H3. The number of carbonyl (C=O) groups is 1. The topological polar surface area (TPSA) is 56.5 Å². The molecule has 5 nitrogen and oxygen atoms in total. The molecule has 0 saturated heterocycles. The Bertz CT molecular complexity index is 895. The van der Waals surface area contributed by atoms with Crippen LogP contribution in [-0.2, 0) is 11.2 Å². The van der Waals surface area contributed by atoms with Crippen LogP contribution in [0.1, 0.15) is 55.2 Å². The van der Waals surface area contributed by atoms with Crippen LogP contribution in [0.3, 0.4) is 0 Å². The Labute approximate surface area is 147 Å². The van der Waals surface area contributed by atoms with E-state index in [4.69, 9.17) is 9.72 Å². The Kier molecular flexibility index (Phi) is 4.83. The Morgan fingerprint density at radius 2 is 1.92 bits per heavy atom. The number of aromatic nitrogens is 3. The molecule has 5 heteroatoms. The molecule has 0 radical (unpaired) electrons. The van der Waals surface area contributed by atoms with Crippen LogP contribution in [0, 0.1) is 0 Å². The maximum atomic E-state index is 12.2. The van der Waals surface area contributed by atoms with E-state index in [1.54, 1.807) is 11.4 Å². The number of fused-ring (bicyclic) bond motifs is 1. The first kappa shape index (κ1) is 17.1. The highest BCUT2D eigenvalue weighted by molar-refractivity contribution is 5.96. The number of hydrogen-bond donors (Lipinski definition) is 0. The normalized spacial score (nSPS) is 11.2. The summed E-state index contributed by atoms with van der Waals surface area (Å²) < 4.78 is 6.88. The van der Waals surface area contributed by atoms with E-state index < -0.39 is 5.97 Å². The molecular weight excluding hydrogens is 314 g/mol. The van der Waals surface area contributed by atoms with Crippen molar-refractivity contribution in [3.05, 3.63) is 53.3 Å². The molecule has 0 fully saturated rings. The molecular formula is C20H23N3O2. The van der Waals surface area contributed by atoms with Crippen molar-refractivity contribution in [2.24, 2.45) is 0 Å². The van der Waals surface area contributed by atoms with Gasteiger partial charge in [-0.05, 0) is 30.9 Å². The molecule has 2 aromatic heterocycles. The number of aryl methyl sites for hydroxylation is 1. The van der Waals surface area contributed by atoms with Gasteiger partial charge in [0.1, 0.15) is 5.56 Å². The van der Waals surface area contributed by atoms with Crippen molar-refractivity contribution >= 4 is 11.6 Å². The first-order valence-corrected chi connectivity index (χ1v) is 8.70. The van der Waals surface area contributed by atoms with E-state index >= 15 is 0 Å². The number of esters is 1. The minimum Gasteiger partial charge on any atom is -0.462 e. The van der Waals surface area contributed by atoms with Crippen LogP contribution in [0.5, 0.6) is 0 Å². The van der Waals surface area contributed by atoms with Crippen molar-refractivity contribution in [1.82, 2.24) is 14.6 Å². The van der Waals surface area contributed by atoms with E-state index in [1.807, 2.05) is 6.07 Å². The average Bonchev–Trinajstić information content (AvgIpc) is 3.05. The van der Waals surface area contributed by atoms with E-state index in [-0.39, 0.29) is 5.92 Å². The lowest BCUT2D eigenvalue weighted by Crippen LogP contribution is -2.07. The Hall–Kier alpha value is -2.69. The SMILES string of the molecule is CCOC(=O)c1cnn2c(C(C)C)cc(-c3ccc(CC)cc3)nc12. The molecule has 0 atom stereocenters. The van der Waals surface area contributed by atoms with Crippen LogP contribution in [0.4, 0.5) is 0 Å². The predicted molar refractivity (Wildman–Crippen MR) is 97.8 cm³/mol. The van der Waals surface area contributed by atoms with Gasteiger partial charge in [0.25, 0.3) is 0 Å². The van der Waals surface area contributed by atoms with Gasteiger partial charge < -0.3 is 4.74 Å². The maximum absolute atomic E-state index is 12.2. The van der Waals surface area contributed by atoms with E-state index in [1.165, 1.54) is 11.8 Å². The van der Waals surface area contributed by atoms with Gasteiger partial charge in [0, 0.05) is 11.3 Å². The predicted octanol–water partition coefficient (Wildman–Crippen LogP) is 4.26. The van der Waals surface area contributed by atoms with Crippen LogP contribution >= 0.6 is 0 Å². The van der Waals surface area contributed by atoms with Gasteiger partial charge >= 0.3 is 5.97 Å².